The molecule has 0 aliphatic heterocycles. The van der Waals surface area contributed by atoms with E-state index in [1.165, 1.54) is 0 Å². The Labute approximate surface area is 50.8 Å². The predicted octanol–water partition coefficient (Wildman–Crippen LogP) is 1.22. The van der Waals surface area contributed by atoms with Gasteiger partial charge in [0, 0.05) is 13.7 Å². The van der Waals surface area contributed by atoms with Crippen molar-refractivity contribution in [1.82, 2.24) is 0 Å². The van der Waals surface area contributed by atoms with Gasteiger partial charge in [0.25, 0.3) is 0 Å². The summed E-state index contributed by atoms with van der Waals surface area (Å²) in [4.78, 5) is 0. The Balaban J connectivity index is 3.07. The fourth-order valence-corrected chi connectivity index (χ4v) is 0.455. The molecule has 0 aromatic rings. The van der Waals surface area contributed by atoms with E-state index in [9.17, 15) is 0 Å². The first kappa shape index (κ1) is 7.92. The second kappa shape index (κ2) is 5.06. The normalized spacial score (nSPS) is 13.9. The van der Waals surface area contributed by atoms with Crippen LogP contribution in [0, 0.1) is 6.92 Å². The van der Waals surface area contributed by atoms with Gasteiger partial charge >= 0.3 is 0 Å². The highest BCUT2D eigenvalue weighted by molar-refractivity contribution is 4.43. The first-order valence-electron chi connectivity index (χ1n) is 2.78. The van der Waals surface area contributed by atoms with Crippen molar-refractivity contribution in [1.29, 1.82) is 0 Å². The van der Waals surface area contributed by atoms with Crippen LogP contribution in [0.5, 0.6) is 0 Å². The maximum Gasteiger partial charge on any atom is 0.157 e. The molecule has 0 heterocycles. The largest absolute Gasteiger partial charge is 0.356 e. The van der Waals surface area contributed by atoms with E-state index < -0.39 is 0 Å². The molecule has 49 valence electrons. The van der Waals surface area contributed by atoms with Crippen molar-refractivity contribution in [3.8, 4) is 0 Å². The topological polar surface area (TPSA) is 18.5 Å². The third-order valence-electron chi connectivity index (χ3n) is 0.851. The van der Waals surface area contributed by atoms with Gasteiger partial charge in [0.2, 0.25) is 0 Å². The van der Waals surface area contributed by atoms with E-state index in [1.54, 1.807) is 7.11 Å². The second-order valence-corrected chi connectivity index (χ2v) is 1.41. The molecule has 0 aromatic heterocycles. The van der Waals surface area contributed by atoms with Crippen LogP contribution in [-0.4, -0.2) is 20.0 Å². The minimum Gasteiger partial charge on any atom is -0.356 e. The summed E-state index contributed by atoms with van der Waals surface area (Å²) in [5, 5.41) is 0. The van der Waals surface area contributed by atoms with Crippen LogP contribution in [0.1, 0.15) is 13.3 Å². The van der Waals surface area contributed by atoms with Gasteiger partial charge in [-0.25, -0.2) is 0 Å². The molecule has 0 amide bonds. The van der Waals surface area contributed by atoms with Crippen molar-refractivity contribution >= 4 is 0 Å². The van der Waals surface area contributed by atoms with E-state index in [4.69, 9.17) is 9.47 Å². The van der Waals surface area contributed by atoms with Crippen LogP contribution >= 0.6 is 0 Å². The molecule has 0 aromatic carbocycles. The first-order valence-corrected chi connectivity index (χ1v) is 2.78. The summed E-state index contributed by atoms with van der Waals surface area (Å²) in [5.41, 5.74) is 0. The lowest BCUT2D eigenvalue weighted by molar-refractivity contribution is -0.117. The summed E-state index contributed by atoms with van der Waals surface area (Å²) in [6, 6.07) is 0. The lowest BCUT2D eigenvalue weighted by Crippen LogP contribution is -2.13. The highest BCUT2D eigenvalue weighted by Crippen LogP contribution is 1.95. The molecule has 0 saturated carbocycles. The van der Waals surface area contributed by atoms with Gasteiger partial charge in [-0.2, -0.15) is 0 Å². The SMILES string of the molecule is [CH2]CC(OC)OCC. The molecule has 0 N–H and O–H groups in total. The quantitative estimate of drug-likeness (QED) is 0.515. The van der Waals surface area contributed by atoms with Crippen molar-refractivity contribution in [3.05, 3.63) is 6.92 Å². The van der Waals surface area contributed by atoms with Gasteiger partial charge in [0.05, 0.1) is 0 Å². The lowest BCUT2D eigenvalue weighted by Gasteiger charge is -2.11. The Hall–Kier alpha value is -0.0800. The van der Waals surface area contributed by atoms with Crippen LogP contribution in [0.25, 0.3) is 0 Å². The molecule has 0 bridgehead atoms. The van der Waals surface area contributed by atoms with E-state index in [-0.39, 0.29) is 6.29 Å². The summed E-state index contributed by atoms with van der Waals surface area (Å²) in [6.07, 6.45) is 0.560. The van der Waals surface area contributed by atoms with E-state index in [0.29, 0.717) is 13.0 Å². The Morgan fingerprint density at radius 3 is 2.38 bits per heavy atom. The second-order valence-electron chi connectivity index (χ2n) is 1.41. The molecule has 0 aliphatic rings. The standard InChI is InChI=1S/C6H13O2/c1-4-6(7-3)8-5-2/h6H,1,4-5H2,2-3H3. The van der Waals surface area contributed by atoms with E-state index in [0.717, 1.165) is 0 Å². The van der Waals surface area contributed by atoms with Gasteiger partial charge < -0.3 is 9.47 Å². The Morgan fingerprint density at radius 1 is 1.62 bits per heavy atom. The lowest BCUT2D eigenvalue weighted by atomic mass is 10.5. The maximum absolute atomic E-state index is 5.06. The van der Waals surface area contributed by atoms with Gasteiger partial charge in [-0.3, -0.25) is 0 Å². The van der Waals surface area contributed by atoms with E-state index in [1.807, 2.05) is 6.92 Å². The summed E-state index contributed by atoms with van der Waals surface area (Å²) in [7, 11) is 1.62. The number of ether oxygens (including phenoxy) is 2. The monoisotopic (exact) mass is 117 g/mol. The van der Waals surface area contributed by atoms with Crippen molar-refractivity contribution in [3.63, 3.8) is 0 Å². The minimum atomic E-state index is -0.111. The van der Waals surface area contributed by atoms with Crippen molar-refractivity contribution in [2.24, 2.45) is 0 Å². The average molecular weight is 117 g/mol. The highest BCUT2D eigenvalue weighted by Gasteiger charge is 1.99. The summed E-state index contributed by atoms with van der Waals surface area (Å²) < 4.78 is 9.91. The molecule has 0 spiro atoms. The molecule has 2 nitrogen and oxygen atoms in total. The smallest absolute Gasteiger partial charge is 0.157 e. The van der Waals surface area contributed by atoms with Crippen molar-refractivity contribution in [2.45, 2.75) is 19.6 Å². The van der Waals surface area contributed by atoms with Gasteiger partial charge in [-0.1, -0.05) is 0 Å². The molecule has 1 atom stereocenters. The third-order valence-corrected chi connectivity index (χ3v) is 0.851. The number of rotatable bonds is 4. The number of hydrogen-bond acceptors (Lipinski definition) is 2. The van der Waals surface area contributed by atoms with E-state index >= 15 is 0 Å². The van der Waals surface area contributed by atoms with Crippen LogP contribution < -0.4 is 0 Å². The van der Waals surface area contributed by atoms with Gasteiger partial charge in [0.15, 0.2) is 6.29 Å². The van der Waals surface area contributed by atoms with E-state index in [2.05, 4.69) is 6.92 Å². The molecule has 0 saturated heterocycles. The van der Waals surface area contributed by atoms with Crippen LogP contribution in [0.4, 0.5) is 0 Å². The Kier molecular flexibility index (Phi) is 5.01. The maximum atomic E-state index is 5.06. The van der Waals surface area contributed by atoms with Gasteiger partial charge in [-0.05, 0) is 20.3 Å². The fourth-order valence-electron chi connectivity index (χ4n) is 0.455. The van der Waals surface area contributed by atoms with Crippen LogP contribution in [0.2, 0.25) is 0 Å². The summed E-state index contributed by atoms with van der Waals surface area (Å²) in [5.74, 6) is 0. The highest BCUT2D eigenvalue weighted by atomic mass is 16.7. The molecular formula is C6H13O2. The molecule has 8 heavy (non-hydrogen) atoms. The zero-order valence-corrected chi connectivity index (χ0v) is 5.52. The fraction of sp³-hybridized carbons (Fsp3) is 0.833. The first-order chi connectivity index (χ1) is 3.85. The zero-order chi connectivity index (χ0) is 6.41. The van der Waals surface area contributed by atoms with Crippen molar-refractivity contribution < 1.29 is 9.47 Å². The number of methoxy groups -OCH3 is 1. The summed E-state index contributed by atoms with van der Waals surface area (Å²) in [6.45, 7) is 6.25. The number of hydrogen-bond donors (Lipinski definition) is 0. The minimum absolute atomic E-state index is 0.111. The molecule has 0 fully saturated rings. The molecule has 0 aliphatic carbocycles. The molecule has 0 rings (SSSR count). The van der Waals surface area contributed by atoms with Gasteiger partial charge in [0.1, 0.15) is 0 Å². The van der Waals surface area contributed by atoms with Crippen LogP contribution in [-0.2, 0) is 9.47 Å². The average Bonchev–Trinajstić information content (AvgIpc) is 1.83. The third kappa shape index (κ3) is 2.99. The van der Waals surface area contributed by atoms with Crippen LogP contribution in [0.3, 0.4) is 0 Å². The Morgan fingerprint density at radius 2 is 2.25 bits per heavy atom. The molecule has 1 radical (unpaired) electrons. The zero-order valence-electron chi connectivity index (χ0n) is 5.52. The van der Waals surface area contributed by atoms with Crippen LogP contribution in [0.15, 0.2) is 0 Å². The molecule has 2 heteroatoms. The molecular weight excluding hydrogens is 104 g/mol. The van der Waals surface area contributed by atoms with Crippen molar-refractivity contribution in [2.75, 3.05) is 13.7 Å². The summed E-state index contributed by atoms with van der Waals surface area (Å²) >= 11 is 0. The van der Waals surface area contributed by atoms with Gasteiger partial charge in [-0.15, -0.1) is 0 Å². The Bertz CT molecular complexity index is 41.8. The molecule has 1 unspecified atom stereocenters. The predicted molar refractivity (Wildman–Crippen MR) is 32.4 cm³/mol.